The Morgan fingerprint density at radius 2 is 1.62 bits per heavy atom. The third kappa shape index (κ3) is 3.81. The zero-order valence-electron chi connectivity index (χ0n) is 15.9. The molecule has 0 atom stereocenters. The fraction of sp³-hybridized carbons (Fsp3) is 0.0952. The SMILES string of the molecule is Cc1ccc(Nc2ncnc(Nc3cccc4ccc(C)nc34)c2[N+](=O)[O-])cc1. The second-order valence-electron chi connectivity index (χ2n) is 6.62. The first-order valence-corrected chi connectivity index (χ1v) is 8.98. The van der Waals surface area contributed by atoms with Crippen LogP contribution in [0.2, 0.25) is 0 Å². The number of hydrogen-bond donors (Lipinski definition) is 2. The number of nitrogens with zero attached hydrogens (tertiary/aromatic N) is 4. The fourth-order valence-electron chi connectivity index (χ4n) is 2.98. The van der Waals surface area contributed by atoms with Crippen molar-refractivity contribution in [2.24, 2.45) is 0 Å². The highest BCUT2D eigenvalue weighted by Crippen LogP contribution is 2.34. The van der Waals surface area contributed by atoms with Crippen molar-refractivity contribution in [3.63, 3.8) is 0 Å². The molecule has 0 fully saturated rings. The Morgan fingerprint density at radius 1 is 0.897 bits per heavy atom. The monoisotopic (exact) mass is 386 g/mol. The smallest absolute Gasteiger partial charge is 0.334 e. The molecule has 29 heavy (non-hydrogen) atoms. The van der Waals surface area contributed by atoms with Crippen molar-refractivity contribution in [2.45, 2.75) is 13.8 Å². The molecule has 8 heteroatoms. The van der Waals surface area contributed by atoms with E-state index in [1.807, 2.05) is 68.4 Å². The number of nitrogens with one attached hydrogen (secondary N) is 2. The molecule has 0 saturated carbocycles. The molecule has 8 nitrogen and oxygen atoms in total. The quantitative estimate of drug-likeness (QED) is 0.366. The van der Waals surface area contributed by atoms with Gasteiger partial charge in [-0.3, -0.25) is 15.1 Å². The normalized spacial score (nSPS) is 10.7. The first-order chi connectivity index (χ1) is 14.0. The molecule has 0 aliphatic heterocycles. The number of para-hydroxylation sites is 1. The van der Waals surface area contributed by atoms with Gasteiger partial charge in [-0.05, 0) is 38.1 Å². The fourth-order valence-corrected chi connectivity index (χ4v) is 2.98. The van der Waals surface area contributed by atoms with E-state index in [1.54, 1.807) is 0 Å². The summed E-state index contributed by atoms with van der Waals surface area (Å²) in [6.45, 7) is 3.87. The van der Waals surface area contributed by atoms with Gasteiger partial charge < -0.3 is 10.6 Å². The zero-order valence-corrected chi connectivity index (χ0v) is 15.9. The Bertz CT molecular complexity index is 1210. The summed E-state index contributed by atoms with van der Waals surface area (Å²) >= 11 is 0. The van der Waals surface area contributed by atoms with E-state index in [0.29, 0.717) is 16.9 Å². The Balaban J connectivity index is 1.76. The maximum absolute atomic E-state index is 11.8. The number of anilines is 4. The summed E-state index contributed by atoms with van der Waals surface area (Å²) in [4.78, 5) is 24.1. The molecule has 0 radical (unpaired) electrons. The minimum Gasteiger partial charge on any atom is -0.334 e. The first kappa shape index (κ1) is 18.3. The van der Waals surface area contributed by atoms with E-state index in [0.717, 1.165) is 16.6 Å². The van der Waals surface area contributed by atoms with Crippen LogP contribution < -0.4 is 10.6 Å². The molecule has 0 spiro atoms. The molecule has 4 rings (SSSR count). The summed E-state index contributed by atoms with van der Waals surface area (Å²) in [5.41, 5.74) is 3.76. The number of fused-ring (bicyclic) bond motifs is 1. The van der Waals surface area contributed by atoms with Gasteiger partial charge in [0, 0.05) is 16.8 Å². The van der Waals surface area contributed by atoms with Crippen molar-refractivity contribution in [1.29, 1.82) is 0 Å². The average molecular weight is 386 g/mol. The number of rotatable bonds is 5. The van der Waals surface area contributed by atoms with Crippen LogP contribution >= 0.6 is 0 Å². The van der Waals surface area contributed by atoms with Crippen molar-refractivity contribution in [3.05, 3.63) is 82.3 Å². The lowest BCUT2D eigenvalue weighted by atomic mass is 10.1. The third-order valence-corrected chi connectivity index (χ3v) is 4.43. The van der Waals surface area contributed by atoms with Gasteiger partial charge in [0.2, 0.25) is 11.6 Å². The minimum absolute atomic E-state index is 0.0930. The number of nitro groups is 1. The molecule has 2 N–H and O–H groups in total. The van der Waals surface area contributed by atoms with Crippen molar-refractivity contribution in [3.8, 4) is 0 Å². The van der Waals surface area contributed by atoms with Crippen molar-refractivity contribution in [2.75, 3.05) is 10.6 Å². The third-order valence-electron chi connectivity index (χ3n) is 4.43. The van der Waals surface area contributed by atoms with Gasteiger partial charge in [0.15, 0.2) is 0 Å². The van der Waals surface area contributed by atoms with Gasteiger partial charge in [0.25, 0.3) is 0 Å². The zero-order chi connectivity index (χ0) is 20.4. The molecule has 0 aliphatic rings. The van der Waals surface area contributed by atoms with Crippen LogP contribution in [0.1, 0.15) is 11.3 Å². The van der Waals surface area contributed by atoms with Gasteiger partial charge in [-0.25, -0.2) is 9.97 Å². The molecular formula is C21H18N6O2. The molecule has 0 unspecified atom stereocenters. The predicted molar refractivity (Wildman–Crippen MR) is 113 cm³/mol. The summed E-state index contributed by atoms with van der Waals surface area (Å²) < 4.78 is 0. The Hall–Kier alpha value is -4.07. The summed E-state index contributed by atoms with van der Waals surface area (Å²) in [7, 11) is 0. The Morgan fingerprint density at radius 3 is 2.34 bits per heavy atom. The van der Waals surface area contributed by atoms with Gasteiger partial charge in [-0.2, -0.15) is 0 Å². The highest BCUT2D eigenvalue weighted by Gasteiger charge is 2.24. The van der Waals surface area contributed by atoms with E-state index in [9.17, 15) is 10.1 Å². The predicted octanol–water partition coefficient (Wildman–Crippen LogP) is 5.04. The van der Waals surface area contributed by atoms with E-state index < -0.39 is 4.92 Å². The van der Waals surface area contributed by atoms with Crippen LogP contribution in [-0.2, 0) is 0 Å². The average Bonchev–Trinajstić information content (AvgIpc) is 2.70. The standard InChI is InChI=1S/C21H18N6O2/c1-13-6-10-16(11-7-13)25-20-19(27(28)29)21(23-12-22-20)26-17-5-3-4-15-9-8-14(2)24-18(15)17/h3-12H,1-2H3,(H2,22,23,25,26). The Kier molecular flexibility index (Phi) is 4.74. The molecule has 0 aliphatic carbocycles. The molecular weight excluding hydrogens is 368 g/mol. The number of hydrogen-bond acceptors (Lipinski definition) is 7. The van der Waals surface area contributed by atoms with Gasteiger partial charge in [-0.15, -0.1) is 0 Å². The molecule has 0 amide bonds. The number of benzene rings is 2. The summed E-state index contributed by atoms with van der Waals surface area (Å²) in [6, 6.07) is 17.0. The van der Waals surface area contributed by atoms with Crippen LogP contribution in [0.5, 0.6) is 0 Å². The van der Waals surface area contributed by atoms with E-state index in [-0.39, 0.29) is 17.3 Å². The van der Waals surface area contributed by atoms with Crippen LogP contribution in [0.25, 0.3) is 10.9 Å². The lowest BCUT2D eigenvalue weighted by molar-refractivity contribution is -0.383. The van der Waals surface area contributed by atoms with E-state index in [2.05, 4.69) is 25.6 Å². The number of aryl methyl sites for hydroxylation is 2. The van der Waals surface area contributed by atoms with Crippen LogP contribution in [0.3, 0.4) is 0 Å². The molecule has 144 valence electrons. The largest absolute Gasteiger partial charge is 0.353 e. The summed E-state index contributed by atoms with van der Waals surface area (Å²) in [5, 5.41) is 18.8. The molecule has 2 heterocycles. The summed E-state index contributed by atoms with van der Waals surface area (Å²) in [6.07, 6.45) is 1.29. The highest BCUT2D eigenvalue weighted by molar-refractivity contribution is 5.93. The van der Waals surface area contributed by atoms with E-state index >= 15 is 0 Å². The number of aromatic nitrogens is 3. The van der Waals surface area contributed by atoms with Crippen molar-refractivity contribution >= 4 is 39.6 Å². The van der Waals surface area contributed by atoms with Crippen LogP contribution in [0.15, 0.2) is 60.9 Å². The minimum atomic E-state index is -0.497. The van der Waals surface area contributed by atoms with E-state index in [1.165, 1.54) is 6.33 Å². The molecule has 0 saturated heterocycles. The lowest BCUT2D eigenvalue weighted by Crippen LogP contribution is -2.06. The van der Waals surface area contributed by atoms with Crippen LogP contribution in [0, 0.1) is 24.0 Å². The molecule has 0 bridgehead atoms. The van der Waals surface area contributed by atoms with Gasteiger partial charge in [0.1, 0.15) is 6.33 Å². The molecule has 2 aromatic carbocycles. The van der Waals surface area contributed by atoms with Crippen molar-refractivity contribution in [1.82, 2.24) is 15.0 Å². The second kappa shape index (κ2) is 7.51. The van der Waals surface area contributed by atoms with E-state index in [4.69, 9.17) is 0 Å². The Labute approximate surface area is 166 Å². The van der Waals surface area contributed by atoms with Gasteiger partial charge >= 0.3 is 5.69 Å². The molecule has 2 aromatic heterocycles. The maximum atomic E-state index is 11.8. The van der Waals surface area contributed by atoms with Gasteiger partial charge in [0.05, 0.1) is 16.1 Å². The van der Waals surface area contributed by atoms with Crippen LogP contribution in [-0.4, -0.2) is 19.9 Å². The first-order valence-electron chi connectivity index (χ1n) is 8.98. The lowest BCUT2D eigenvalue weighted by Gasteiger charge is -2.12. The van der Waals surface area contributed by atoms with Crippen LogP contribution in [0.4, 0.5) is 28.7 Å². The maximum Gasteiger partial charge on any atom is 0.353 e. The molecule has 4 aromatic rings. The topological polar surface area (TPSA) is 106 Å². The summed E-state index contributed by atoms with van der Waals surface area (Å²) in [5.74, 6) is 0.205. The highest BCUT2D eigenvalue weighted by atomic mass is 16.6. The van der Waals surface area contributed by atoms with Crippen molar-refractivity contribution < 1.29 is 4.92 Å². The second-order valence-corrected chi connectivity index (χ2v) is 6.62. The van der Waals surface area contributed by atoms with Gasteiger partial charge in [-0.1, -0.05) is 35.9 Å². The number of pyridine rings is 1.